The number of nitrogens with zero attached hydrogens (tertiary/aromatic N) is 1. The number of benzene rings is 2. The van der Waals surface area contributed by atoms with E-state index in [4.69, 9.17) is 31.2 Å². The Hall–Kier alpha value is -3.46. The van der Waals surface area contributed by atoms with Crippen molar-refractivity contribution in [3.05, 3.63) is 57.9 Å². The summed E-state index contributed by atoms with van der Waals surface area (Å²) in [6, 6.07) is 11.3. The Labute approximate surface area is 183 Å². The van der Waals surface area contributed by atoms with Gasteiger partial charge in [-0.3, -0.25) is 4.79 Å². The van der Waals surface area contributed by atoms with Crippen LogP contribution in [-0.2, 0) is 13.1 Å². The molecular formula is C22H21N3O5S. The molecule has 31 heavy (non-hydrogen) atoms. The highest BCUT2D eigenvalue weighted by Gasteiger charge is 2.18. The Morgan fingerprint density at radius 2 is 1.74 bits per heavy atom. The molecule has 0 bridgehead atoms. The van der Waals surface area contributed by atoms with E-state index in [0.717, 1.165) is 16.7 Å². The molecule has 8 nitrogen and oxygen atoms in total. The monoisotopic (exact) mass is 439 g/mol. The van der Waals surface area contributed by atoms with Crippen LogP contribution in [0.5, 0.6) is 23.0 Å². The molecule has 2 aromatic carbocycles. The number of aromatic nitrogens is 1. The third-order valence-corrected chi connectivity index (χ3v) is 5.72. The van der Waals surface area contributed by atoms with Crippen molar-refractivity contribution in [2.75, 3.05) is 27.1 Å². The van der Waals surface area contributed by atoms with E-state index in [0.29, 0.717) is 59.7 Å². The van der Waals surface area contributed by atoms with Crippen LogP contribution >= 0.6 is 12.2 Å². The van der Waals surface area contributed by atoms with Crippen LogP contribution in [-0.4, -0.2) is 42.1 Å². The van der Waals surface area contributed by atoms with Gasteiger partial charge in [-0.05, 0) is 42.0 Å². The molecule has 2 aliphatic rings. The molecule has 1 aromatic heterocycles. The second-order valence-electron chi connectivity index (χ2n) is 7.31. The summed E-state index contributed by atoms with van der Waals surface area (Å²) in [5, 5.41) is 4.42. The maximum atomic E-state index is 12.8. The molecular weight excluding hydrogens is 418 g/mol. The lowest BCUT2D eigenvalue weighted by molar-refractivity contribution is 0.172. The SMILES string of the molecule is CNC(=S)N(Cc1ccc2c(c1)OCO2)Cc1cc2cc3c(cc2[nH]c1=O)OCCO3. The zero-order chi connectivity index (χ0) is 21.4. The Morgan fingerprint density at radius 3 is 2.55 bits per heavy atom. The van der Waals surface area contributed by atoms with E-state index in [9.17, 15) is 4.79 Å². The van der Waals surface area contributed by atoms with E-state index >= 15 is 0 Å². The number of pyridine rings is 1. The number of hydrogen-bond donors (Lipinski definition) is 2. The maximum Gasteiger partial charge on any atom is 0.253 e. The number of hydrogen-bond acceptors (Lipinski definition) is 6. The second-order valence-corrected chi connectivity index (χ2v) is 7.69. The van der Waals surface area contributed by atoms with E-state index in [2.05, 4.69) is 10.3 Å². The van der Waals surface area contributed by atoms with Crippen molar-refractivity contribution in [3.63, 3.8) is 0 Å². The lowest BCUT2D eigenvalue weighted by Gasteiger charge is -2.25. The number of aromatic amines is 1. The van der Waals surface area contributed by atoms with Crippen LogP contribution in [0.2, 0.25) is 0 Å². The molecule has 0 fully saturated rings. The van der Waals surface area contributed by atoms with Gasteiger partial charge < -0.3 is 34.1 Å². The molecule has 0 aliphatic carbocycles. The Kier molecular flexibility index (Phi) is 5.03. The Morgan fingerprint density at radius 1 is 1.00 bits per heavy atom. The summed E-state index contributed by atoms with van der Waals surface area (Å²) in [5.74, 6) is 2.76. The van der Waals surface area contributed by atoms with Crippen molar-refractivity contribution < 1.29 is 18.9 Å². The van der Waals surface area contributed by atoms with E-state index in [1.807, 2.05) is 35.2 Å². The van der Waals surface area contributed by atoms with Crippen LogP contribution < -0.4 is 29.8 Å². The molecule has 3 heterocycles. The molecule has 3 aromatic rings. The summed E-state index contributed by atoms with van der Waals surface area (Å²) in [6.07, 6.45) is 0. The van der Waals surface area contributed by atoms with Gasteiger partial charge in [0.05, 0.1) is 12.1 Å². The van der Waals surface area contributed by atoms with Crippen molar-refractivity contribution in [1.29, 1.82) is 0 Å². The highest BCUT2D eigenvalue weighted by Crippen LogP contribution is 2.34. The molecule has 0 atom stereocenters. The standard InChI is InChI=1S/C22H21N3O5S/c1-23-22(31)25(10-13-2-3-17-18(6-13)30-12-29-17)11-15-7-14-8-19-20(28-5-4-27-19)9-16(14)24-21(15)26/h2-3,6-9H,4-5,10-12H2,1H3,(H,23,31)(H,24,26). The fourth-order valence-corrected chi connectivity index (χ4v) is 3.86. The molecule has 2 aliphatic heterocycles. The van der Waals surface area contributed by atoms with Crippen LogP contribution in [0.3, 0.4) is 0 Å². The molecule has 0 spiro atoms. The van der Waals surface area contributed by atoms with Crippen LogP contribution in [0.15, 0.2) is 41.2 Å². The molecule has 9 heteroatoms. The van der Waals surface area contributed by atoms with Crippen molar-refractivity contribution in [2.45, 2.75) is 13.1 Å². The van der Waals surface area contributed by atoms with E-state index in [1.165, 1.54) is 0 Å². The fourth-order valence-electron chi connectivity index (χ4n) is 3.73. The number of rotatable bonds is 4. The molecule has 5 rings (SSSR count). The van der Waals surface area contributed by atoms with Gasteiger partial charge in [0.15, 0.2) is 28.1 Å². The summed E-state index contributed by atoms with van der Waals surface area (Å²) in [7, 11) is 1.77. The van der Waals surface area contributed by atoms with Gasteiger partial charge in [0.1, 0.15) is 13.2 Å². The van der Waals surface area contributed by atoms with Crippen LogP contribution in [0, 0.1) is 0 Å². The summed E-state index contributed by atoms with van der Waals surface area (Å²) >= 11 is 5.50. The van der Waals surface area contributed by atoms with Gasteiger partial charge >= 0.3 is 0 Å². The molecule has 0 radical (unpaired) electrons. The first kappa shape index (κ1) is 19.5. The Balaban J connectivity index is 1.45. The highest BCUT2D eigenvalue weighted by atomic mass is 32.1. The van der Waals surface area contributed by atoms with Crippen LogP contribution in [0.25, 0.3) is 10.9 Å². The predicted octanol–water partition coefficient (Wildman–Crippen LogP) is 2.53. The van der Waals surface area contributed by atoms with E-state index < -0.39 is 0 Å². The molecule has 2 N–H and O–H groups in total. The van der Waals surface area contributed by atoms with Gasteiger partial charge in [0.25, 0.3) is 5.56 Å². The molecule has 0 saturated carbocycles. The van der Waals surface area contributed by atoms with Crippen LogP contribution in [0.4, 0.5) is 0 Å². The van der Waals surface area contributed by atoms with Crippen LogP contribution in [0.1, 0.15) is 11.1 Å². The second kappa shape index (κ2) is 7.99. The topological polar surface area (TPSA) is 85.1 Å². The van der Waals surface area contributed by atoms with Gasteiger partial charge in [-0.1, -0.05) is 6.07 Å². The minimum Gasteiger partial charge on any atom is -0.486 e. The third-order valence-electron chi connectivity index (χ3n) is 5.26. The highest BCUT2D eigenvalue weighted by molar-refractivity contribution is 7.80. The molecule has 0 saturated heterocycles. The van der Waals surface area contributed by atoms with Crippen molar-refractivity contribution >= 4 is 28.2 Å². The van der Waals surface area contributed by atoms with Gasteiger partial charge in [0, 0.05) is 30.6 Å². The number of thiocarbonyl (C=S) groups is 1. The molecule has 0 amide bonds. The first-order valence-electron chi connectivity index (χ1n) is 9.91. The van der Waals surface area contributed by atoms with Gasteiger partial charge in [-0.25, -0.2) is 0 Å². The predicted molar refractivity (Wildman–Crippen MR) is 119 cm³/mol. The number of H-pyrrole nitrogens is 1. The van der Waals surface area contributed by atoms with E-state index in [1.54, 1.807) is 13.1 Å². The zero-order valence-electron chi connectivity index (χ0n) is 16.9. The summed E-state index contributed by atoms with van der Waals surface area (Å²) in [6.45, 7) is 2.08. The van der Waals surface area contributed by atoms with Crippen molar-refractivity contribution in [1.82, 2.24) is 15.2 Å². The lowest BCUT2D eigenvalue weighted by Crippen LogP contribution is -2.38. The average molecular weight is 439 g/mol. The quantitative estimate of drug-likeness (QED) is 0.600. The minimum atomic E-state index is -0.168. The van der Waals surface area contributed by atoms with E-state index in [-0.39, 0.29) is 12.4 Å². The summed E-state index contributed by atoms with van der Waals surface area (Å²) in [5.41, 5.74) is 2.14. The summed E-state index contributed by atoms with van der Waals surface area (Å²) < 4.78 is 22.1. The number of fused-ring (bicyclic) bond motifs is 3. The van der Waals surface area contributed by atoms with Crippen molar-refractivity contribution in [3.8, 4) is 23.0 Å². The maximum absolute atomic E-state index is 12.8. The number of nitrogens with one attached hydrogen (secondary N) is 2. The largest absolute Gasteiger partial charge is 0.486 e. The fraction of sp³-hybridized carbons (Fsp3) is 0.273. The average Bonchev–Trinajstić information content (AvgIpc) is 3.25. The van der Waals surface area contributed by atoms with Crippen molar-refractivity contribution in [2.24, 2.45) is 0 Å². The lowest BCUT2D eigenvalue weighted by atomic mass is 10.1. The number of ether oxygens (including phenoxy) is 4. The Bertz CT molecular complexity index is 1230. The summed E-state index contributed by atoms with van der Waals surface area (Å²) in [4.78, 5) is 17.7. The van der Waals surface area contributed by atoms with Gasteiger partial charge in [-0.2, -0.15) is 0 Å². The molecule has 160 valence electrons. The zero-order valence-corrected chi connectivity index (χ0v) is 17.7. The smallest absolute Gasteiger partial charge is 0.253 e. The third kappa shape index (κ3) is 3.84. The normalized spacial score (nSPS) is 13.8. The van der Waals surface area contributed by atoms with Gasteiger partial charge in [0.2, 0.25) is 6.79 Å². The minimum absolute atomic E-state index is 0.168. The van der Waals surface area contributed by atoms with Gasteiger partial charge in [-0.15, -0.1) is 0 Å². The first-order chi connectivity index (χ1) is 15.1. The molecule has 0 unspecified atom stereocenters. The first-order valence-corrected chi connectivity index (χ1v) is 10.3.